The lowest BCUT2D eigenvalue weighted by molar-refractivity contribution is 0.207. The number of halogens is 1. The molecule has 0 amide bonds. The summed E-state index contributed by atoms with van der Waals surface area (Å²) in [6, 6.07) is 5.80. The van der Waals surface area contributed by atoms with Crippen LogP contribution in [-0.4, -0.2) is 35.2 Å². The number of thiocarbonyl (C=S) groups is 1. The number of likely N-dealkylation sites (N-methyl/N-ethyl adjacent to an activating group) is 1. The third kappa shape index (κ3) is 3.23. The zero-order valence-electron chi connectivity index (χ0n) is 9.06. The van der Waals surface area contributed by atoms with Crippen LogP contribution in [-0.2, 0) is 0 Å². The van der Waals surface area contributed by atoms with E-state index in [1.165, 1.54) is 12.1 Å². The summed E-state index contributed by atoms with van der Waals surface area (Å²) >= 11 is 4.96. The van der Waals surface area contributed by atoms with Gasteiger partial charge in [0.25, 0.3) is 0 Å². The van der Waals surface area contributed by atoms with Crippen LogP contribution < -0.4 is 5.73 Å². The SMILES string of the molecule is CN(CCO)C(C(N)=S)c1cccc(F)c1. The van der Waals surface area contributed by atoms with E-state index in [2.05, 4.69) is 0 Å². The maximum absolute atomic E-state index is 13.1. The zero-order chi connectivity index (χ0) is 12.1. The number of aliphatic hydroxyl groups excluding tert-OH is 1. The Kier molecular flexibility index (Phi) is 4.79. The van der Waals surface area contributed by atoms with Crippen molar-refractivity contribution >= 4 is 17.2 Å². The van der Waals surface area contributed by atoms with Crippen LogP contribution >= 0.6 is 12.2 Å². The number of benzene rings is 1. The van der Waals surface area contributed by atoms with Gasteiger partial charge >= 0.3 is 0 Å². The Labute approximate surface area is 99.7 Å². The predicted octanol–water partition coefficient (Wildman–Crippen LogP) is 1.08. The van der Waals surface area contributed by atoms with Crippen molar-refractivity contribution in [3.63, 3.8) is 0 Å². The Morgan fingerprint density at radius 1 is 1.62 bits per heavy atom. The van der Waals surface area contributed by atoms with E-state index in [4.69, 9.17) is 23.1 Å². The minimum Gasteiger partial charge on any atom is -0.395 e. The minimum absolute atomic E-state index is 0.00489. The van der Waals surface area contributed by atoms with E-state index in [9.17, 15) is 4.39 Å². The van der Waals surface area contributed by atoms with Crippen molar-refractivity contribution in [1.82, 2.24) is 4.90 Å². The summed E-state index contributed by atoms with van der Waals surface area (Å²) in [7, 11) is 1.78. The van der Waals surface area contributed by atoms with Crippen LogP contribution in [0.2, 0.25) is 0 Å². The molecule has 16 heavy (non-hydrogen) atoms. The molecule has 0 aliphatic heterocycles. The zero-order valence-corrected chi connectivity index (χ0v) is 9.88. The molecule has 0 radical (unpaired) electrons. The average Bonchev–Trinajstić information content (AvgIpc) is 2.17. The van der Waals surface area contributed by atoms with Gasteiger partial charge in [-0.05, 0) is 24.7 Å². The number of hydrogen-bond donors (Lipinski definition) is 2. The first-order valence-electron chi connectivity index (χ1n) is 4.92. The molecule has 0 aliphatic rings. The Morgan fingerprint density at radius 3 is 2.81 bits per heavy atom. The second-order valence-corrected chi connectivity index (χ2v) is 4.04. The highest BCUT2D eigenvalue weighted by atomic mass is 32.1. The fourth-order valence-corrected chi connectivity index (χ4v) is 1.92. The summed E-state index contributed by atoms with van der Waals surface area (Å²) in [5.74, 6) is -0.323. The molecule has 0 spiro atoms. The van der Waals surface area contributed by atoms with Crippen molar-refractivity contribution in [2.45, 2.75) is 6.04 Å². The molecule has 0 fully saturated rings. The molecule has 1 rings (SSSR count). The van der Waals surface area contributed by atoms with Crippen LogP contribution in [0, 0.1) is 5.82 Å². The monoisotopic (exact) mass is 242 g/mol. The summed E-state index contributed by atoms with van der Waals surface area (Å²) in [6.07, 6.45) is 0. The molecule has 0 heterocycles. The van der Waals surface area contributed by atoms with Crippen molar-refractivity contribution in [2.75, 3.05) is 20.2 Å². The van der Waals surface area contributed by atoms with E-state index in [1.54, 1.807) is 24.1 Å². The topological polar surface area (TPSA) is 49.5 Å². The quantitative estimate of drug-likeness (QED) is 0.759. The lowest BCUT2D eigenvalue weighted by Gasteiger charge is -2.26. The highest BCUT2D eigenvalue weighted by Gasteiger charge is 2.19. The van der Waals surface area contributed by atoms with E-state index < -0.39 is 0 Å². The van der Waals surface area contributed by atoms with E-state index in [0.29, 0.717) is 12.1 Å². The van der Waals surface area contributed by atoms with Gasteiger partial charge in [0, 0.05) is 6.54 Å². The number of rotatable bonds is 5. The van der Waals surface area contributed by atoms with Gasteiger partial charge in [0.05, 0.1) is 17.6 Å². The first-order valence-corrected chi connectivity index (χ1v) is 5.33. The lowest BCUT2D eigenvalue weighted by Crippen LogP contribution is -2.35. The molecule has 0 aliphatic carbocycles. The molecule has 1 aromatic carbocycles. The molecule has 3 nitrogen and oxygen atoms in total. The average molecular weight is 242 g/mol. The Balaban J connectivity index is 2.98. The largest absolute Gasteiger partial charge is 0.395 e. The third-order valence-electron chi connectivity index (χ3n) is 2.33. The number of hydrogen-bond acceptors (Lipinski definition) is 3. The van der Waals surface area contributed by atoms with Crippen molar-refractivity contribution in [2.24, 2.45) is 5.73 Å². The van der Waals surface area contributed by atoms with Gasteiger partial charge < -0.3 is 10.8 Å². The predicted molar refractivity (Wildman–Crippen MR) is 65.6 cm³/mol. The lowest BCUT2D eigenvalue weighted by atomic mass is 10.1. The van der Waals surface area contributed by atoms with Crippen molar-refractivity contribution in [1.29, 1.82) is 0 Å². The van der Waals surface area contributed by atoms with Crippen LogP contribution in [0.1, 0.15) is 11.6 Å². The molecule has 5 heteroatoms. The van der Waals surface area contributed by atoms with Crippen molar-refractivity contribution in [3.8, 4) is 0 Å². The maximum Gasteiger partial charge on any atom is 0.123 e. The normalized spacial score (nSPS) is 12.8. The minimum atomic E-state index is -0.349. The van der Waals surface area contributed by atoms with Crippen LogP contribution in [0.3, 0.4) is 0 Å². The number of aliphatic hydroxyl groups is 1. The second-order valence-electron chi connectivity index (χ2n) is 3.56. The summed E-state index contributed by atoms with van der Waals surface area (Å²) < 4.78 is 13.1. The van der Waals surface area contributed by atoms with E-state index >= 15 is 0 Å². The van der Waals surface area contributed by atoms with Gasteiger partial charge in [-0.2, -0.15) is 0 Å². The molecule has 0 saturated carbocycles. The first-order chi connectivity index (χ1) is 7.56. The molecule has 3 N–H and O–H groups in total. The van der Waals surface area contributed by atoms with Gasteiger partial charge in [-0.1, -0.05) is 24.4 Å². The van der Waals surface area contributed by atoms with Crippen LogP contribution in [0.15, 0.2) is 24.3 Å². The maximum atomic E-state index is 13.1. The van der Waals surface area contributed by atoms with Gasteiger partial charge in [-0.3, -0.25) is 4.90 Å². The van der Waals surface area contributed by atoms with Gasteiger partial charge in [0.15, 0.2) is 0 Å². The second kappa shape index (κ2) is 5.89. The van der Waals surface area contributed by atoms with Crippen LogP contribution in [0.25, 0.3) is 0 Å². The van der Waals surface area contributed by atoms with Crippen LogP contribution in [0.4, 0.5) is 4.39 Å². The van der Waals surface area contributed by atoms with Crippen molar-refractivity contribution < 1.29 is 9.50 Å². The molecule has 88 valence electrons. The molecule has 1 atom stereocenters. The van der Waals surface area contributed by atoms with E-state index in [1.807, 2.05) is 0 Å². The molecule has 1 aromatic rings. The molecule has 0 bridgehead atoms. The summed E-state index contributed by atoms with van der Waals surface area (Å²) in [5.41, 5.74) is 6.33. The highest BCUT2D eigenvalue weighted by Crippen LogP contribution is 2.20. The molecule has 1 unspecified atom stereocenters. The standard InChI is InChI=1S/C11H15FN2OS/c1-14(5-6-15)10(11(13)16)8-3-2-4-9(12)7-8/h2-4,7,10,15H,5-6H2,1H3,(H2,13,16). The van der Waals surface area contributed by atoms with Gasteiger partial charge in [0.2, 0.25) is 0 Å². The highest BCUT2D eigenvalue weighted by molar-refractivity contribution is 7.80. The van der Waals surface area contributed by atoms with E-state index in [-0.39, 0.29) is 23.5 Å². The molecule has 0 aromatic heterocycles. The Hall–Kier alpha value is -1.04. The summed E-state index contributed by atoms with van der Waals surface area (Å²) in [6.45, 7) is 0.434. The van der Waals surface area contributed by atoms with Gasteiger partial charge in [-0.15, -0.1) is 0 Å². The molecular weight excluding hydrogens is 227 g/mol. The van der Waals surface area contributed by atoms with Gasteiger partial charge in [-0.25, -0.2) is 4.39 Å². The summed E-state index contributed by atoms with van der Waals surface area (Å²) in [4.78, 5) is 2.05. The number of nitrogens with two attached hydrogens (primary N) is 1. The first kappa shape index (κ1) is 13.0. The number of nitrogens with zero attached hydrogens (tertiary/aromatic N) is 1. The van der Waals surface area contributed by atoms with E-state index in [0.717, 1.165) is 0 Å². The van der Waals surface area contributed by atoms with Crippen LogP contribution in [0.5, 0.6) is 0 Å². The Morgan fingerprint density at radius 2 is 2.31 bits per heavy atom. The fraction of sp³-hybridized carbons (Fsp3) is 0.364. The fourth-order valence-electron chi connectivity index (χ4n) is 1.60. The summed E-state index contributed by atoms with van der Waals surface area (Å²) in [5, 5.41) is 8.87. The van der Waals surface area contributed by atoms with Gasteiger partial charge in [0.1, 0.15) is 5.82 Å². The molecular formula is C11H15FN2OS. The van der Waals surface area contributed by atoms with Crippen molar-refractivity contribution in [3.05, 3.63) is 35.6 Å². The smallest absolute Gasteiger partial charge is 0.123 e. The molecule has 0 saturated heterocycles. The Bertz CT molecular complexity index is 373. The third-order valence-corrected chi connectivity index (χ3v) is 2.55.